The average Bonchev–Trinajstić information content (AvgIpc) is 3.06. The molecule has 0 saturated carbocycles. The fraction of sp³-hybridized carbons (Fsp3) is 0.200. The average molecular weight is 331 g/mol. The number of pyridine rings is 1. The lowest BCUT2D eigenvalue weighted by molar-refractivity contribution is -0.385. The maximum atomic E-state index is 11.9. The van der Waals surface area contributed by atoms with E-state index < -0.39 is 10.9 Å². The number of nitrogens with one attached hydrogen (secondary N) is 1. The van der Waals surface area contributed by atoms with Gasteiger partial charge in [-0.15, -0.1) is 0 Å². The molecule has 2 aromatic rings. The van der Waals surface area contributed by atoms with E-state index in [1.54, 1.807) is 18.2 Å². The molecule has 0 fully saturated rings. The van der Waals surface area contributed by atoms with E-state index in [2.05, 4.69) is 10.3 Å². The first kappa shape index (κ1) is 15.5. The number of carbonyl (C=O) groups is 1. The number of carbonyl (C=O) groups excluding carboxylic acids is 1. The van der Waals surface area contributed by atoms with Crippen molar-refractivity contribution in [2.24, 2.45) is 0 Å². The van der Waals surface area contributed by atoms with Gasteiger partial charge in [0.2, 0.25) is 6.79 Å². The summed E-state index contributed by atoms with van der Waals surface area (Å²) in [5.74, 6) is 1.08. The molecule has 24 heavy (non-hydrogen) atoms. The van der Waals surface area contributed by atoms with Gasteiger partial charge in [-0.25, -0.2) is 9.78 Å². The van der Waals surface area contributed by atoms with Crippen LogP contribution in [0.5, 0.6) is 11.5 Å². The molecule has 1 aliphatic heterocycles. The molecule has 9 heteroatoms. The number of nitro groups is 1. The Kier molecular flexibility index (Phi) is 4.41. The number of benzene rings is 1. The van der Waals surface area contributed by atoms with Gasteiger partial charge >= 0.3 is 5.97 Å². The van der Waals surface area contributed by atoms with Gasteiger partial charge in [-0.1, -0.05) is 0 Å². The number of nitrogens with zero attached hydrogens (tertiary/aromatic N) is 2. The molecule has 0 bridgehead atoms. The van der Waals surface area contributed by atoms with Crippen molar-refractivity contribution in [3.8, 4) is 11.5 Å². The van der Waals surface area contributed by atoms with Crippen LogP contribution < -0.4 is 14.8 Å². The van der Waals surface area contributed by atoms with Gasteiger partial charge in [0, 0.05) is 6.07 Å². The summed E-state index contributed by atoms with van der Waals surface area (Å²) < 4.78 is 15.5. The van der Waals surface area contributed by atoms with Crippen LogP contribution in [-0.2, 0) is 4.74 Å². The molecule has 0 aliphatic carbocycles. The van der Waals surface area contributed by atoms with Crippen LogP contribution in [0.1, 0.15) is 10.4 Å². The van der Waals surface area contributed by atoms with E-state index in [4.69, 9.17) is 14.2 Å². The van der Waals surface area contributed by atoms with E-state index in [1.165, 1.54) is 12.1 Å². The minimum Gasteiger partial charge on any atom is -0.460 e. The summed E-state index contributed by atoms with van der Waals surface area (Å²) in [6.07, 6.45) is 1.15. The molecule has 0 unspecified atom stereocenters. The predicted molar refractivity (Wildman–Crippen MR) is 82.2 cm³/mol. The topological polar surface area (TPSA) is 113 Å². The van der Waals surface area contributed by atoms with Crippen molar-refractivity contribution < 1.29 is 23.9 Å². The monoisotopic (exact) mass is 331 g/mol. The zero-order chi connectivity index (χ0) is 16.9. The van der Waals surface area contributed by atoms with Gasteiger partial charge in [-0.05, 0) is 24.3 Å². The van der Waals surface area contributed by atoms with Crippen LogP contribution in [0.2, 0.25) is 0 Å². The second-order valence-corrected chi connectivity index (χ2v) is 4.79. The Balaban J connectivity index is 1.46. The third kappa shape index (κ3) is 3.51. The molecule has 1 aromatic carbocycles. The van der Waals surface area contributed by atoms with Crippen LogP contribution in [0.15, 0.2) is 36.5 Å². The lowest BCUT2D eigenvalue weighted by Gasteiger charge is -2.07. The predicted octanol–water partition coefficient (Wildman–Crippen LogP) is 1.99. The number of esters is 1. The van der Waals surface area contributed by atoms with E-state index in [0.717, 1.165) is 6.20 Å². The molecule has 3 rings (SSSR count). The lowest BCUT2D eigenvalue weighted by Crippen LogP contribution is -2.14. The Bertz CT molecular complexity index is 762. The number of hydrogen-bond donors (Lipinski definition) is 1. The fourth-order valence-corrected chi connectivity index (χ4v) is 2.03. The Hall–Kier alpha value is -3.36. The largest absolute Gasteiger partial charge is 0.460 e. The van der Waals surface area contributed by atoms with Gasteiger partial charge in [-0.3, -0.25) is 10.1 Å². The fourth-order valence-electron chi connectivity index (χ4n) is 2.03. The standard InChI is InChI=1S/C15H13N3O6/c19-15(10-1-3-12-13(7-10)24-9-23-12)22-6-5-16-14-4-2-11(8-17-14)18(20)21/h1-4,7-8H,5-6,9H2,(H,16,17). The maximum Gasteiger partial charge on any atom is 0.338 e. The maximum absolute atomic E-state index is 11.9. The first-order chi connectivity index (χ1) is 11.6. The van der Waals surface area contributed by atoms with Crippen molar-refractivity contribution >= 4 is 17.5 Å². The van der Waals surface area contributed by atoms with Crippen molar-refractivity contribution in [1.29, 1.82) is 0 Å². The summed E-state index contributed by atoms with van der Waals surface area (Å²) in [4.78, 5) is 25.8. The molecule has 124 valence electrons. The summed E-state index contributed by atoms with van der Waals surface area (Å²) in [7, 11) is 0. The highest BCUT2D eigenvalue weighted by atomic mass is 16.7. The zero-order valence-electron chi connectivity index (χ0n) is 12.4. The summed E-state index contributed by atoms with van der Waals surface area (Å²) in [5, 5.41) is 13.4. The minimum absolute atomic E-state index is 0.0882. The molecule has 1 aromatic heterocycles. The number of rotatable bonds is 6. The Morgan fingerprint density at radius 1 is 1.29 bits per heavy atom. The minimum atomic E-state index is -0.524. The number of hydrogen-bond acceptors (Lipinski definition) is 8. The van der Waals surface area contributed by atoms with Crippen molar-refractivity contribution in [2.45, 2.75) is 0 Å². The van der Waals surface area contributed by atoms with Crippen molar-refractivity contribution in [1.82, 2.24) is 4.98 Å². The smallest absolute Gasteiger partial charge is 0.338 e. The van der Waals surface area contributed by atoms with Gasteiger partial charge in [-0.2, -0.15) is 0 Å². The second-order valence-electron chi connectivity index (χ2n) is 4.79. The molecular weight excluding hydrogens is 318 g/mol. The SMILES string of the molecule is O=C(OCCNc1ccc([N+](=O)[O-])cn1)c1ccc2c(c1)OCO2. The van der Waals surface area contributed by atoms with Crippen molar-refractivity contribution in [3.63, 3.8) is 0 Å². The van der Waals surface area contributed by atoms with Crippen LogP contribution in [-0.4, -0.2) is 35.8 Å². The van der Waals surface area contributed by atoms with Crippen LogP contribution in [0.4, 0.5) is 11.5 Å². The molecule has 0 atom stereocenters. The van der Waals surface area contributed by atoms with Crippen LogP contribution in [0.3, 0.4) is 0 Å². The quantitative estimate of drug-likeness (QED) is 0.370. The van der Waals surface area contributed by atoms with Gasteiger partial charge in [0.15, 0.2) is 11.5 Å². The van der Waals surface area contributed by atoms with Gasteiger partial charge in [0.1, 0.15) is 18.6 Å². The van der Waals surface area contributed by atoms with Gasteiger partial charge in [0.25, 0.3) is 5.69 Å². The number of fused-ring (bicyclic) bond motifs is 1. The highest BCUT2D eigenvalue weighted by Crippen LogP contribution is 2.32. The van der Waals surface area contributed by atoms with Gasteiger partial charge in [0.05, 0.1) is 17.0 Å². The Morgan fingerprint density at radius 3 is 2.88 bits per heavy atom. The highest BCUT2D eigenvalue weighted by Gasteiger charge is 2.16. The molecule has 2 heterocycles. The van der Waals surface area contributed by atoms with Crippen LogP contribution >= 0.6 is 0 Å². The van der Waals surface area contributed by atoms with Crippen LogP contribution in [0, 0.1) is 10.1 Å². The first-order valence-corrected chi connectivity index (χ1v) is 7.04. The summed E-state index contributed by atoms with van der Waals surface area (Å²) in [6.45, 7) is 0.576. The summed E-state index contributed by atoms with van der Waals surface area (Å²) in [6, 6.07) is 7.64. The van der Waals surface area contributed by atoms with E-state index in [-0.39, 0.29) is 19.1 Å². The van der Waals surface area contributed by atoms with Gasteiger partial charge < -0.3 is 19.5 Å². The van der Waals surface area contributed by atoms with E-state index in [0.29, 0.717) is 29.4 Å². The zero-order valence-corrected chi connectivity index (χ0v) is 12.4. The summed E-state index contributed by atoms with van der Waals surface area (Å²) in [5.41, 5.74) is 0.280. The molecule has 1 N–H and O–H groups in total. The van der Waals surface area contributed by atoms with E-state index >= 15 is 0 Å². The summed E-state index contributed by atoms with van der Waals surface area (Å²) >= 11 is 0. The Labute approximate surface area is 136 Å². The van der Waals surface area contributed by atoms with E-state index in [9.17, 15) is 14.9 Å². The molecule has 9 nitrogen and oxygen atoms in total. The van der Waals surface area contributed by atoms with E-state index in [1.807, 2.05) is 0 Å². The van der Waals surface area contributed by atoms with Crippen LogP contribution in [0.25, 0.3) is 0 Å². The lowest BCUT2D eigenvalue weighted by atomic mass is 10.2. The Morgan fingerprint density at radius 2 is 2.12 bits per heavy atom. The first-order valence-electron chi connectivity index (χ1n) is 7.04. The normalized spacial score (nSPS) is 11.8. The third-order valence-electron chi connectivity index (χ3n) is 3.21. The number of ether oxygens (including phenoxy) is 3. The molecule has 0 amide bonds. The highest BCUT2D eigenvalue weighted by molar-refractivity contribution is 5.90. The molecule has 0 spiro atoms. The van der Waals surface area contributed by atoms with Crippen molar-refractivity contribution in [3.05, 3.63) is 52.2 Å². The third-order valence-corrected chi connectivity index (χ3v) is 3.21. The number of anilines is 1. The molecule has 0 radical (unpaired) electrons. The molecular formula is C15H13N3O6. The molecule has 0 saturated heterocycles. The molecule has 1 aliphatic rings. The second kappa shape index (κ2) is 6.82. The van der Waals surface area contributed by atoms with Crippen molar-refractivity contribution in [2.75, 3.05) is 25.3 Å². The number of aromatic nitrogens is 1.